The maximum absolute atomic E-state index is 5.63. The molecule has 0 aliphatic heterocycles. The van der Waals surface area contributed by atoms with Gasteiger partial charge in [0.15, 0.2) is 0 Å². The Bertz CT molecular complexity index is 885. The molecule has 1 radical (unpaired) electrons. The zero-order valence-electron chi connectivity index (χ0n) is 12.2. The van der Waals surface area contributed by atoms with Gasteiger partial charge in [-0.2, -0.15) is 0 Å². The van der Waals surface area contributed by atoms with Crippen LogP contribution in [0.1, 0.15) is 0 Å². The number of fused-ring (bicyclic) bond motifs is 2. The fraction of sp³-hybridized carbons (Fsp3) is 0. The first kappa shape index (κ1) is 13.6. The van der Waals surface area contributed by atoms with E-state index in [0.29, 0.717) is 11.5 Å². The molecule has 0 bridgehead atoms. The van der Waals surface area contributed by atoms with E-state index in [9.17, 15) is 0 Å². The molecule has 0 fully saturated rings. The van der Waals surface area contributed by atoms with Crippen molar-refractivity contribution >= 4 is 29.5 Å². The highest BCUT2D eigenvalue weighted by atomic mass is 16.6. The van der Waals surface area contributed by atoms with Crippen molar-refractivity contribution in [3.05, 3.63) is 73.1 Å². The van der Waals surface area contributed by atoms with Crippen molar-refractivity contribution in [2.75, 3.05) is 0 Å². The van der Waals surface area contributed by atoms with Crippen molar-refractivity contribution < 1.29 is 9.31 Å². The van der Waals surface area contributed by atoms with Gasteiger partial charge in [0.05, 0.1) is 0 Å². The van der Waals surface area contributed by atoms with Crippen LogP contribution in [-0.4, -0.2) is 17.7 Å². The summed E-state index contributed by atoms with van der Waals surface area (Å²) in [5, 5.41) is 2.04. The van der Waals surface area contributed by atoms with Gasteiger partial charge >= 0.3 is 7.69 Å². The van der Waals surface area contributed by atoms with Gasteiger partial charge in [-0.3, -0.25) is 9.97 Å². The van der Waals surface area contributed by atoms with Gasteiger partial charge in [-0.15, -0.1) is 0 Å². The first-order valence-corrected chi connectivity index (χ1v) is 7.24. The van der Waals surface area contributed by atoms with E-state index in [0.717, 1.165) is 21.8 Å². The highest BCUT2D eigenvalue weighted by Crippen LogP contribution is 2.25. The molecule has 2 aromatic carbocycles. The van der Waals surface area contributed by atoms with Gasteiger partial charge in [-0.05, 0) is 24.3 Å². The molecule has 4 nitrogen and oxygen atoms in total. The van der Waals surface area contributed by atoms with Crippen LogP contribution in [0.4, 0.5) is 0 Å². The van der Waals surface area contributed by atoms with Gasteiger partial charge in [0, 0.05) is 23.2 Å². The van der Waals surface area contributed by atoms with E-state index in [1.165, 1.54) is 7.69 Å². The quantitative estimate of drug-likeness (QED) is 0.538. The molecule has 5 heteroatoms. The molecule has 2 heterocycles. The number of nitrogens with zero attached hydrogens (tertiary/aromatic N) is 2. The second-order valence-electron chi connectivity index (χ2n) is 4.99. The molecule has 0 spiro atoms. The third-order valence-electron chi connectivity index (χ3n) is 3.54. The SMILES string of the molecule is [B](Oc1cccc2cccnc12)Oc1cccc2cccnc12. The van der Waals surface area contributed by atoms with Crippen LogP contribution in [0.3, 0.4) is 0 Å². The third kappa shape index (κ3) is 2.69. The van der Waals surface area contributed by atoms with E-state index in [2.05, 4.69) is 9.97 Å². The molecule has 0 atom stereocenters. The minimum atomic E-state index is 0.649. The molecular weight excluding hydrogens is 287 g/mol. The van der Waals surface area contributed by atoms with Gasteiger partial charge in [-0.25, -0.2) is 0 Å². The van der Waals surface area contributed by atoms with Crippen LogP contribution in [0.5, 0.6) is 11.5 Å². The molecule has 0 aliphatic rings. The van der Waals surface area contributed by atoms with E-state index in [4.69, 9.17) is 9.31 Å². The van der Waals surface area contributed by atoms with E-state index in [-0.39, 0.29) is 0 Å². The number of para-hydroxylation sites is 2. The van der Waals surface area contributed by atoms with Gasteiger partial charge in [-0.1, -0.05) is 36.4 Å². The molecular formula is C18H12BN2O2. The number of rotatable bonds is 4. The maximum Gasteiger partial charge on any atom is 0.658 e. The number of hydrogen-bond donors (Lipinski definition) is 0. The Morgan fingerprint density at radius 2 is 1.09 bits per heavy atom. The molecule has 23 heavy (non-hydrogen) atoms. The summed E-state index contributed by atoms with van der Waals surface area (Å²) >= 11 is 0. The average molecular weight is 299 g/mol. The summed E-state index contributed by atoms with van der Waals surface area (Å²) in [6, 6.07) is 19.3. The zero-order chi connectivity index (χ0) is 15.5. The number of benzene rings is 2. The predicted octanol–water partition coefficient (Wildman–Crippen LogP) is 3.78. The topological polar surface area (TPSA) is 44.2 Å². The van der Waals surface area contributed by atoms with Crippen molar-refractivity contribution in [3.63, 3.8) is 0 Å². The highest BCUT2D eigenvalue weighted by molar-refractivity contribution is 6.21. The molecule has 0 saturated heterocycles. The monoisotopic (exact) mass is 299 g/mol. The molecule has 109 valence electrons. The van der Waals surface area contributed by atoms with Crippen LogP contribution < -0.4 is 9.31 Å². The molecule has 0 saturated carbocycles. The second-order valence-corrected chi connectivity index (χ2v) is 4.99. The van der Waals surface area contributed by atoms with E-state index < -0.39 is 0 Å². The predicted molar refractivity (Wildman–Crippen MR) is 90.5 cm³/mol. The molecule has 0 N–H and O–H groups in total. The summed E-state index contributed by atoms with van der Waals surface area (Å²) in [6.07, 6.45) is 3.48. The van der Waals surface area contributed by atoms with Crippen LogP contribution in [0.2, 0.25) is 0 Å². The first-order chi connectivity index (χ1) is 11.4. The lowest BCUT2D eigenvalue weighted by molar-refractivity contribution is 0.463. The molecule has 2 aromatic heterocycles. The van der Waals surface area contributed by atoms with Gasteiger partial charge in [0.1, 0.15) is 22.5 Å². The fourth-order valence-electron chi connectivity index (χ4n) is 2.47. The van der Waals surface area contributed by atoms with E-state index >= 15 is 0 Å². The first-order valence-electron chi connectivity index (χ1n) is 7.24. The number of aromatic nitrogens is 2. The van der Waals surface area contributed by atoms with Gasteiger partial charge < -0.3 is 9.31 Å². The molecule has 4 aromatic rings. The van der Waals surface area contributed by atoms with Crippen LogP contribution >= 0.6 is 0 Å². The lowest BCUT2D eigenvalue weighted by Gasteiger charge is -2.09. The Kier molecular flexibility index (Phi) is 3.52. The minimum absolute atomic E-state index is 0.649. The molecule has 0 aliphatic carbocycles. The van der Waals surface area contributed by atoms with Crippen molar-refractivity contribution in [1.82, 2.24) is 9.97 Å². The summed E-state index contributed by atoms with van der Waals surface area (Å²) in [5.74, 6) is 1.30. The Labute approximate surface area is 134 Å². The van der Waals surface area contributed by atoms with Gasteiger partial charge in [0.25, 0.3) is 0 Å². The highest BCUT2D eigenvalue weighted by Gasteiger charge is 2.08. The van der Waals surface area contributed by atoms with Crippen LogP contribution in [0.25, 0.3) is 21.8 Å². The van der Waals surface area contributed by atoms with Crippen molar-refractivity contribution in [3.8, 4) is 11.5 Å². The van der Waals surface area contributed by atoms with Crippen LogP contribution in [0.15, 0.2) is 73.1 Å². The number of hydrogen-bond acceptors (Lipinski definition) is 4. The van der Waals surface area contributed by atoms with E-state index in [1.54, 1.807) is 12.4 Å². The van der Waals surface area contributed by atoms with Gasteiger partial charge in [0.2, 0.25) is 0 Å². The lowest BCUT2D eigenvalue weighted by atomic mass is 10.2. The fourth-order valence-corrected chi connectivity index (χ4v) is 2.47. The smallest absolute Gasteiger partial charge is 0.525 e. The standard InChI is InChI=1S/C18H12BN2O2/c1-5-13-7-3-11-20-17(13)15(9-1)22-19-23-16-10-2-6-14-8-4-12-21-18(14)16/h1-12H. The lowest BCUT2D eigenvalue weighted by Crippen LogP contribution is -2.11. The Morgan fingerprint density at radius 3 is 1.61 bits per heavy atom. The van der Waals surface area contributed by atoms with Crippen molar-refractivity contribution in [1.29, 1.82) is 0 Å². The maximum atomic E-state index is 5.63. The third-order valence-corrected chi connectivity index (χ3v) is 3.54. The Hall–Kier alpha value is -3.08. The summed E-state index contributed by atoms with van der Waals surface area (Å²) in [4.78, 5) is 8.69. The van der Waals surface area contributed by atoms with E-state index in [1.807, 2.05) is 60.7 Å². The Morgan fingerprint density at radius 1 is 0.609 bits per heavy atom. The normalized spacial score (nSPS) is 10.6. The number of pyridine rings is 2. The van der Waals surface area contributed by atoms with Crippen molar-refractivity contribution in [2.45, 2.75) is 0 Å². The average Bonchev–Trinajstić information content (AvgIpc) is 2.62. The molecule has 0 unspecified atom stereocenters. The summed E-state index contributed by atoms with van der Waals surface area (Å²) in [5.41, 5.74) is 1.59. The van der Waals surface area contributed by atoms with Crippen LogP contribution in [-0.2, 0) is 0 Å². The Balaban J connectivity index is 1.55. The van der Waals surface area contributed by atoms with Crippen LogP contribution in [0, 0.1) is 0 Å². The second kappa shape index (κ2) is 5.97. The molecule has 0 amide bonds. The summed E-state index contributed by atoms with van der Waals surface area (Å²) in [7, 11) is 1.31. The largest absolute Gasteiger partial charge is 0.658 e. The zero-order valence-corrected chi connectivity index (χ0v) is 12.2. The summed E-state index contributed by atoms with van der Waals surface area (Å²) in [6.45, 7) is 0. The minimum Gasteiger partial charge on any atom is -0.525 e. The molecule has 4 rings (SSSR count). The summed E-state index contributed by atoms with van der Waals surface area (Å²) < 4.78 is 11.3. The van der Waals surface area contributed by atoms with Crippen molar-refractivity contribution in [2.24, 2.45) is 0 Å².